The van der Waals surface area contributed by atoms with Gasteiger partial charge in [-0.1, -0.05) is 24.3 Å². The molecule has 66 valence electrons. The van der Waals surface area contributed by atoms with Gasteiger partial charge < -0.3 is 4.52 Å². The van der Waals surface area contributed by atoms with Gasteiger partial charge in [0.2, 0.25) is 0 Å². The molecule has 1 rings (SSSR count). The lowest BCUT2D eigenvalue weighted by molar-refractivity contribution is 0.389. The summed E-state index contributed by atoms with van der Waals surface area (Å²) in [6.45, 7) is 5.00. The highest BCUT2D eigenvalue weighted by Crippen LogP contribution is 2.21. The van der Waals surface area contributed by atoms with Crippen molar-refractivity contribution in [2.45, 2.75) is 20.0 Å². The summed E-state index contributed by atoms with van der Waals surface area (Å²) in [4.78, 5) is 0. The van der Waals surface area contributed by atoms with Crippen molar-refractivity contribution < 1.29 is 4.52 Å². The molecule has 1 aromatic rings. The Kier molecular flexibility index (Phi) is 4.27. The molecule has 2 heteroatoms. The lowest BCUT2D eigenvalue weighted by atomic mass is 10.1. The van der Waals surface area contributed by atoms with E-state index in [2.05, 4.69) is 31.2 Å². The van der Waals surface area contributed by atoms with E-state index < -0.39 is 0 Å². The molecular weight excluding hydrogens is 167 g/mol. The molecular formula is C10H15OP. The lowest BCUT2D eigenvalue weighted by Crippen LogP contribution is -1.84. The van der Waals surface area contributed by atoms with Gasteiger partial charge in [-0.25, -0.2) is 0 Å². The van der Waals surface area contributed by atoms with Crippen molar-refractivity contribution in [2.24, 2.45) is 0 Å². The molecule has 0 amide bonds. The van der Waals surface area contributed by atoms with E-state index in [1.54, 1.807) is 0 Å². The molecule has 0 aromatic heterocycles. The van der Waals surface area contributed by atoms with Gasteiger partial charge in [-0.05, 0) is 25.0 Å². The van der Waals surface area contributed by atoms with Crippen molar-refractivity contribution in [1.82, 2.24) is 0 Å². The first-order valence-electron chi connectivity index (χ1n) is 4.23. The Morgan fingerprint density at radius 2 is 2.08 bits per heavy atom. The van der Waals surface area contributed by atoms with Crippen LogP contribution >= 0.6 is 8.81 Å². The molecule has 1 aromatic carbocycles. The maximum Gasteiger partial charge on any atom is 0.0477 e. The molecule has 0 spiro atoms. The van der Waals surface area contributed by atoms with Crippen molar-refractivity contribution in [3.05, 3.63) is 35.4 Å². The summed E-state index contributed by atoms with van der Waals surface area (Å²) >= 11 is 0. The SMILES string of the molecule is CCOPCc1ccccc1C. The molecule has 0 aliphatic heterocycles. The molecule has 0 N–H and O–H groups in total. The normalized spacial score (nSPS) is 11.2. The Balaban J connectivity index is 2.46. The van der Waals surface area contributed by atoms with Gasteiger partial charge in [0.05, 0.1) is 0 Å². The summed E-state index contributed by atoms with van der Waals surface area (Å²) in [5.41, 5.74) is 2.77. The van der Waals surface area contributed by atoms with Gasteiger partial charge >= 0.3 is 0 Å². The maximum atomic E-state index is 5.32. The van der Waals surface area contributed by atoms with E-state index in [0.717, 1.165) is 12.8 Å². The first-order chi connectivity index (χ1) is 5.84. The third kappa shape index (κ3) is 2.92. The Bertz CT molecular complexity index is 235. The molecule has 0 bridgehead atoms. The first kappa shape index (κ1) is 9.70. The number of hydrogen-bond donors (Lipinski definition) is 0. The molecule has 0 aliphatic carbocycles. The second-order valence-electron chi connectivity index (χ2n) is 2.68. The first-order valence-corrected chi connectivity index (χ1v) is 5.35. The standard InChI is InChI=1S/C10H15OP/c1-3-11-12-8-10-7-5-4-6-9(10)2/h4-7,12H,3,8H2,1-2H3. The smallest absolute Gasteiger partial charge is 0.0477 e. The third-order valence-corrected chi connectivity index (χ3v) is 2.79. The Labute approximate surface area is 76.0 Å². The van der Waals surface area contributed by atoms with E-state index >= 15 is 0 Å². The summed E-state index contributed by atoms with van der Waals surface area (Å²) in [5.74, 6) is 0. The predicted octanol–water partition coefficient (Wildman–Crippen LogP) is 3.13. The topological polar surface area (TPSA) is 9.23 Å². The number of benzene rings is 1. The van der Waals surface area contributed by atoms with Crippen LogP contribution in [0, 0.1) is 6.92 Å². The van der Waals surface area contributed by atoms with Gasteiger partial charge in [0.25, 0.3) is 0 Å². The zero-order valence-corrected chi connectivity index (χ0v) is 8.63. The summed E-state index contributed by atoms with van der Waals surface area (Å²) in [6.07, 6.45) is 1.06. The van der Waals surface area contributed by atoms with Crippen LogP contribution in [-0.4, -0.2) is 6.61 Å². The van der Waals surface area contributed by atoms with Crippen LogP contribution in [0.25, 0.3) is 0 Å². The van der Waals surface area contributed by atoms with E-state index in [4.69, 9.17) is 4.52 Å². The fourth-order valence-corrected chi connectivity index (χ4v) is 1.90. The summed E-state index contributed by atoms with van der Waals surface area (Å²) < 4.78 is 5.32. The van der Waals surface area contributed by atoms with Crippen LogP contribution in [0.2, 0.25) is 0 Å². The predicted molar refractivity (Wildman–Crippen MR) is 54.8 cm³/mol. The second-order valence-corrected chi connectivity index (χ2v) is 3.61. The molecule has 0 radical (unpaired) electrons. The highest BCUT2D eigenvalue weighted by atomic mass is 31.1. The van der Waals surface area contributed by atoms with Crippen LogP contribution in [0.4, 0.5) is 0 Å². The molecule has 1 nitrogen and oxygen atoms in total. The minimum absolute atomic E-state index is 0.606. The third-order valence-electron chi connectivity index (χ3n) is 1.77. The van der Waals surface area contributed by atoms with E-state index in [1.165, 1.54) is 11.1 Å². The maximum absolute atomic E-state index is 5.32. The van der Waals surface area contributed by atoms with E-state index in [9.17, 15) is 0 Å². The minimum atomic E-state index is 0.606. The van der Waals surface area contributed by atoms with E-state index in [1.807, 2.05) is 6.92 Å². The number of aryl methyl sites for hydroxylation is 1. The monoisotopic (exact) mass is 182 g/mol. The molecule has 0 aliphatic rings. The van der Waals surface area contributed by atoms with Crippen molar-refractivity contribution in [3.8, 4) is 0 Å². The zero-order chi connectivity index (χ0) is 8.81. The molecule has 1 unspecified atom stereocenters. The van der Waals surface area contributed by atoms with Crippen molar-refractivity contribution >= 4 is 8.81 Å². The Morgan fingerprint density at radius 1 is 1.33 bits per heavy atom. The quantitative estimate of drug-likeness (QED) is 0.513. The van der Waals surface area contributed by atoms with Gasteiger partial charge in [-0.3, -0.25) is 0 Å². The molecule has 0 saturated carbocycles. The van der Waals surface area contributed by atoms with Crippen molar-refractivity contribution in [2.75, 3.05) is 6.61 Å². The number of hydrogen-bond acceptors (Lipinski definition) is 1. The van der Waals surface area contributed by atoms with Crippen LogP contribution in [0.1, 0.15) is 18.1 Å². The van der Waals surface area contributed by atoms with Crippen LogP contribution in [0.3, 0.4) is 0 Å². The summed E-state index contributed by atoms with van der Waals surface area (Å²) in [6, 6.07) is 8.47. The van der Waals surface area contributed by atoms with Crippen LogP contribution in [0.15, 0.2) is 24.3 Å². The van der Waals surface area contributed by atoms with Crippen LogP contribution < -0.4 is 0 Å². The van der Waals surface area contributed by atoms with Gasteiger partial charge in [0, 0.05) is 21.6 Å². The van der Waals surface area contributed by atoms with Gasteiger partial charge in [-0.15, -0.1) is 0 Å². The minimum Gasteiger partial charge on any atom is -0.362 e. The van der Waals surface area contributed by atoms with Crippen LogP contribution in [-0.2, 0) is 10.7 Å². The fourth-order valence-electron chi connectivity index (χ4n) is 1.04. The molecule has 0 fully saturated rings. The zero-order valence-electron chi connectivity index (χ0n) is 7.63. The molecule has 0 saturated heterocycles. The second kappa shape index (κ2) is 5.29. The molecule has 12 heavy (non-hydrogen) atoms. The van der Waals surface area contributed by atoms with Crippen molar-refractivity contribution in [1.29, 1.82) is 0 Å². The van der Waals surface area contributed by atoms with E-state index in [-0.39, 0.29) is 0 Å². The average molecular weight is 182 g/mol. The van der Waals surface area contributed by atoms with Crippen LogP contribution in [0.5, 0.6) is 0 Å². The average Bonchev–Trinajstić information content (AvgIpc) is 2.09. The summed E-state index contributed by atoms with van der Waals surface area (Å²) in [7, 11) is 0.606. The van der Waals surface area contributed by atoms with Gasteiger partial charge in [-0.2, -0.15) is 0 Å². The highest BCUT2D eigenvalue weighted by molar-refractivity contribution is 7.31. The van der Waals surface area contributed by atoms with Gasteiger partial charge in [0.1, 0.15) is 0 Å². The number of rotatable bonds is 4. The van der Waals surface area contributed by atoms with Crippen molar-refractivity contribution in [3.63, 3.8) is 0 Å². The molecule has 1 atom stereocenters. The Morgan fingerprint density at radius 3 is 2.75 bits per heavy atom. The highest BCUT2D eigenvalue weighted by Gasteiger charge is 1.95. The van der Waals surface area contributed by atoms with Gasteiger partial charge in [0.15, 0.2) is 0 Å². The lowest BCUT2D eigenvalue weighted by Gasteiger charge is -2.04. The fraction of sp³-hybridized carbons (Fsp3) is 0.400. The molecule has 0 heterocycles. The Hall–Kier alpha value is -0.390. The van der Waals surface area contributed by atoms with E-state index in [0.29, 0.717) is 8.81 Å². The summed E-state index contributed by atoms with van der Waals surface area (Å²) in [5, 5.41) is 0. The largest absolute Gasteiger partial charge is 0.362 e.